The number of thiazole rings is 1. The SMILES string of the molecule is CCCNCc1sc(N2CCN(C)C(C)C2)nc1C1CC1. The molecule has 118 valence electrons. The van der Waals surface area contributed by atoms with E-state index in [2.05, 4.69) is 36.0 Å². The smallest absolute Gasteiger partial charge is 0.185 e. The van der Waals surface area contributed by atoms with Crippen molar-refractivity contribution in [1.82, 2.24) is 15.2 Å². The number of likely N-dealkylation sites (N-methyl/N-ethyl adjacent to an activating group) is 1. The summed E-state index contributed by atoms with van der Waals surface area (Å²) in [7, 11) is 2.22. The largest absolute Gasteiger partial charge is 0.345 e. The summed E-state index contributed by atoms with van der Waals surface area (Å²) in [5.41, 5.74) is 1.39. The molecule has 1 aromatic rings. The van der Waals surface area contributed by atoms with Crippen molar-refractivity contribution in [2.24, 2.45) is 0 Å². The van der Waals surface area contributed by atoms with Crippen LogP contribution in [0.1, 0.15) is 49.6 Å². The van der Waals surface area contributed by atoms with Gasteiger partial charge in [-0.15, -0.1) is 11.3 Å². The van der Waals surface area contributed by atoms with E-state index in [1.54, 1.807) is 0 Å². The number of aromatic nitrogens is 1. The van der Waals surface area contributed by atoms with Gasteiger partial charge in [-0.1, -0.05) is 6.92 Å². The molecule has 1 N–H and O–H groups in total. The minimum Gasteiger partial charge on any atom is -0.345 e. The Kier molecular flexibility index (Phi) is 4.82. The second-order valence-corrected chi connectivity index (χ2v) is 7.59. The van der Waals surface area contributed by atoms with Crippen molar-refractivity contribution < 1.29 is 0 Å². The first-order valence-corrected chi connectivity index (χ1v) is 9.16. The van der Waals surface area contributed by atoms with Crippen LogP contribution < -0.4 is 10.2 Å². The molecule has 1 atom stereocenters. The van der Waals surface area contributed by atoms with Gasteiger partial charge in [0.2, 0.25) is 0 Å². The number of nitrogens with zero attached hydrogens (tertiary/aromatic N) is 3. The normalized spacial score (nSPS) is 23.8. The Bertz CT molecular complexity index is 469. The van der Waals surface area contributed by atoms with Gasteiger partial charge in [0, 0.05) is 43.0 Å². The predicted octanol–water partition coefficient (Wildman–Crippen LogP) is 2.66. The van der Waals surface area contributed by atoms with Crippen molar-refractivity contribution in [2.45, 2.75) is 51.6 Å². The lowest BCUT2D eigenvalue weighted by molar-refractivity contribution is 0.234. The molecule has 1 unspecified atom stereocenters. The van der Waals surface area contributed by atoms with Gasteiger partial charge >= 0.3 is 0 Å². The molecule has 0 bridgehead atoms. The lowest BCUT2D eigenvalue weighted by Gasteiger charge is -2.37. The molecule has 1 saturated carbocycles. The maximum atomic E-state index is 5.02. The van der Waals surface area contributed by atoms with Crippen LogP contribution in [0.15, 0.2) is 0 Å². The van der Waals surface area contributed by atoms with Gasteiger partial charge in [0.1, 0.15) is 0 Å². The molecule has 1 saturated heterocycles. The van der Waals surface area contributed by atoms with Gasteiger partial charge in [0.15, 0.2) is 5.13 Å². The van der Waals surface area contributed by atoms with Gasteiger partial charge in [-0.25, -0.2) is 4.98 Å². The highest BCUT2D eigenvalue weighted by Gasteiger charge is 2.31. The zero-order valence-corrected chi connectivity index (χ0v) is 14.4. The summed E-state index contributed by atoms with van der Waals surface area (Å²) in [4.78, 5) is 11.4. The van der Waals surface area contributed by atoms with Crippen molar-refractivity contribution in [3.8, 4) is 0 Å². The molecule has 0 amide bonds. The van der Waals surface area contributed by atoms with Gasteiger partial charge in [0.25, 0.3) is 0 Å². The number of hydrogen-bond donors (Lipinski definition) is 1. The summed E-state index contributed by atoms with van der Waals surface area (Å²) in [6, 6.07) is 0.619. The van der Waals surface area contributed by atoms with Gasteiger partial charge < -0.3 is 15.1 Å². The Labute approximate surface area is 132 Å². The van der Waals surface area contributed by atoms with Crippen molar-refractivity contribution in [2.75, 3.05) is 38.1 Å². The average molecular weight is 308 g/mol. The highest BCUT2D eigenvalue weighted by atomic mass is 32.1. The van der Waals surface area contributed by atoms with Crippen LogP contribution in [0, 0.1) is 0 Å². The van der Waals surface area contributed by atoms with Crippen LogP contribution in [0.3, 0.4) is 0 Å². The van der Waals surface area contributed by atoms with Gasteiger partial charge in [0.05, 0.1) is 5.69 Å². The summed E-state index contributed by atoms with van der Waals surface area (Å²) in [6.45, 7) is 9.99. The number of nitrogens with one attached hydrogen (secondary N) is 1. The first kappa shape index (κ1) is 15.3. The third-order valence-electron chi connectivity index (χ3n) is 4.62. The number of rotatable bonds is 6. The number of piperazine rings is 1. The van der Waals surface area contributed by atoms with Gasteiger partial charge in [-0.3, -0.25) is 0 Å². The summed E-state index contributed by atoms with van der Waals surface area (Å²) in [5.74, 6) is 0.748. The van der Waals surface area contributed by atoms with Crippen molar-refractivity contribution >= 4 is 16.5 Å². The molecule has 21 heavy (non-hydrogen) atoms. The van der Waals surface area contributed by atoms with E-state index in [1.807, 2.05) is 11.3 Å². The van der Waals surface area contributed by atoms with E-state index in [-0.39, 0.29) is 0 Å². The molecule has 0 spiro atoms. The van der Waals surface area contributed by atoms with Gasteiger partial charge in [-0.2, -0.15) is 0 Å². The molecule has 2 heterocycles. The Morgan fingerprint density at radius 2 is 2.14 bits per heavy atom. The summed E-state index contributed by atoms with van der Waals surface area (Å²) < 4.78 is 0. The third kappa shape index (κ3) is 3.58. The van der Waals surface area contributed by atoms with E-state index >= 15 is 0 Å². The first-order chi connectivity index (χ1) is 10.2. The van der Waals surface area contributed by atoms with E-state index in [1.165, 1.54) is 35.0 Å². The molecule has 2 aliphatic rings. The van der Waals surface area contributed by atoms with Crippen LogP contribution in [0.2, 0.25) is 0 Å². The van der Waals surface area contributed by atoms with E-state index in [0.717, 1.165) is 38.6 Å². The monoisotopic (exact) mass is 308 g/mol. The van der Waals surface area contributed by atoms with Crippen LogP contribution in [0.25, 0.3) is 0 Å². The number of anilines is 1. The minimum absolute atomic E-state index is 0.619. The summed E-state index contributed by atoms with van der Waals surface area (Å²) >= 11 is 1.92. The predicted molar refractivity (Wildman–Crippen MR) is 90.4 cm³/mol. The molecule has 0 aromatic carbocycles. The molecule has 1 aliphatic heterocycles. The second kappa shape index (κ2) is 6.63. The summed E-state index contributed by atoms with van der Waals surface area (Å²) in [5, 5.41) is 4.80. The quantitative estimate of drug-likeness (QED) is 0.819. The molecule has 2 fully saturated rings. The minimum atomic E-state index is 0.619. The molecule has 3 rings (SSSR count). The molecule has 5 heteroatoms. The third-order valence-corrected chi connectivity index (χ3v) is 5.75. The highest BCUT2D eigenvalue weighted by molar-refractivity contribution is 7.15. The Balaban J connectivity index is 1.71. The maximum absolute atomic E-state index is 5.02. The Morgan fingerprint density at radius 3 is 2.81 bits per heavy atom. The zero-order valence-electron chi connectivity index (χ0n) is 13.6. The van der Waals surface area contributed by atoms with Crippen LogP contribution in [0.5, 0.6) is 0 Å². The average Bonchev–Trinajstić information content (AvgIpc) is 3.23. The molecule has 0 radical (unpaired) electrons. The maximum Gasteiger partial charge on any atom is 0.185 e. The van der Waals surface area contributed by atoms with E-state index < -0.39 is 0 Å². The van der Waals surface area contributed by atoms with E-state index in [4.69, 9.17) is 4.98 Å². The second-order valence-electron chi connectivity index (χ2n) is 6.53. The van der Waals surface area contributed by atoms with Crippen LogP contribution in [-0.2, 0) is 6.54 Å². The standard InChI is InChI=1S/C16H28N4S/c1-4-7-17-10-14-15(13-5-6-13)18-16(21-14)20-9-8-19(3)12(2)11-20/h12-13,17H,4-11H2,1-3H3. The first-order valence-electron chi connectivity index (χ1n) is 8.34. The topological polar surface area (TPSA) is 31.4 Å². The van der Waals surface area contributed by atoms with Gasteiger partial charge in [-0.05, 0) is 39.8 Å². The molecule has 4 nitrogen and oxygen atoms in total. The fourth-order valence-electron chi connectivity index (χ4n) is 2.89. The highest BCUT2D eigenvalue weighted by Crippen LogP contribution is 2.44. The Hall–Kier alpha value is -0.650. The van der Waals surface area contributed by atoms with Crippen molar-refractivity contribution in [3.05, 3.63) is 10.6 Å². The number of hydrogen-bond acceptors (Lipinski definition) is 5. The fourth-order valence-corrected chi connectivity index (χ4v) is 4.04. The molecule has 1 aliphatic carbocycles. The Morgan fingerprint density at radius 1 is 1.33 bits per heavy atom. The molecular formula is C16H28N4S. The lowest BCUT2D eigenvalue weighted by atomic mass is 10.2. The van der Waals surface area contributed by atoms with Crippen LogP contribution in [-0.4, -0.2) is 49.2 Å². The fraction of sp³-hybridized carbons (Fsp3) is 0.812. The summed E-state index contributed by atoms with van der Waals surface area (Å²) in [6.07, 6.45) is 3.87. The molecular weight excluding hydrogens is 280 g/mol. The molecule has 1 aromatic heterocycles. The lowest BCUT2D eigenvalue weighted by Crippen LogP contribution is -2.50. The van der Waals surface area contributed by atoms with E-state index in [0.29, 0.717) is 6.04 Å². The van der Waals surface area contributed by atoms with Crippen molar-refractivity contribution in [1.29, 1.82) is 0 Å². The van der Waals surface area contributed by atoms with E-state index in [9.17, 15) is 0 Å². The van der Waals surface area contributed by atoms with Crippen LogP contribution >= 0.6 is 11.3 Å². The van der Waals surface area contributed by atoms with Crippen molar-refractivity contribution in [3.63, 3.8) is 0 Å². The van der Waals surface area contributed by atoms with Crippen LogP contribution in [0.4, 0.5) is 5.13 Å². The zero-order chi connectivity index (χ0) is 14.8.